The van der Waals surface area contributed by atoms with Gasteiger partial charge in [0.2, 0.25) is 5.91 Å². The molecule has 1 heterocycles. The van der Waals surface area contributed by atoms with Gasteiger partial charge in [0.25, 0.3) is 0 Å². The normalized spacial score (nSPS) is 15.6. The average molecular weight is 321 g/mol. The number of rotatable bonds is 7. The molecule has 0 atom stereocenters. The fourth-order valence-electron chi connectivity index (χ4n) is 2.73. The summed E-state index contributed by atoms with van der Waals surface area (Å²) in [6.07, 6.45) is 1.89. The number of piperidine rings is 1. The molecule has 23 heavy (non-hydrogen) atoms. The van der Waals surface area contributed by atoms with Crippen molar-refractivity contribution in [2.45, 2.75) is 25.4 Å². The molecule has 6 nitrogen and oxygen atoms in total. The minimum absolute atomic E-state index is 0.0333. The highest BCUT2D eigenvalue weighted by Crippen LogP contribution is 2.16. The number of hydrogen-bond acceptors (Lipinski definition) is 4. The van der Waals surface area contributed by atoms with Gasteiger partial charge in [-0.15, -0.1) is 0 Å². The SMILES string of the molecule is COCCOC1CCN(C(=O)Cc2ccccc2C(=O)O)CC1. The number of carboxylic acids is 1. The van der Waals surface area contributed by atoms with E-state index in [1.807, 2.05) is 0 Å². The third kappa shape index (κ3) is 5.04. The maximum atomic E-state index is 12.4. The first-order valence-corrected chi connectivity index (χ1v) is 7.81. The van der Waals surface area contributed by atoms with Crippen LogP contribution in [-0.2, 0) is 20.7 Å². The lowest BCUT2D eigenvalue weighted by atomic mass is 10.0. The fraction of sp³-hybridized carbons (Fsp3) is 0.529. The highest BCUT2D eigenvalue weighted by atomic mass is 16.5. The topological polar surface area (TPSA) is 76.1 Å². The first-order chi connectivity index (χ1) is 11.1. The zero-order chi connectivity index (χ0) is 16.7. The van der Waals surface area contributed by atoms with Gasteiger partial charge in [-0.25, -0.2) is 4.79 Å². The summed E-state index contributed by atoms with van der Waals surface area (Å²) in [5.41, 5.74) is 0.752. The van der Waals surface area contributed by atoms with Gasteiger partial charge in [0, 0.05) is 20.2 Å². The van der Waals surface area contributed by atoms with Crippen LogP contribution in [0.5, 0.6) is 0 Å². The van der Waals surface area contributed by atoms with Gasteiger partial charge < -0.3 is 19.5 Å². The van der Waals surface area contributed by atoms with Gasteiger partial charge in [0.1, 0.15) is 0 Å². The van der Waals surface area contributed by atoms with Gasteiger partial charge in [0.05, 0.1) is 31.3 Å². The molecule has 1 N–H and O–H groups in total. The molecule has 1 saturated heterocycles. The van der Waals surface area contributed by atoms with Crippen LogP contribution in [0, 0.1) is 0 Å². The quantitative estimate of drug-likeness (QED) is 0.772. The van der Waals surface area contributed by atoms with E-state index in [-0.39, 0.29) is 24.0 Å². The van der Waals surface area contributed by atoms with Crippen LogP contribution in [0.1, 0.15) is 28.8 Å². The predicted octanol–water partition coefficient (Wildman–Crippen LogP) is 1.58. The Hall–Kier alpha value is -1.92. The van der Waals surface area contributed by atoms with Gasteiger partial charge in [-0.3, -0.25) is 4.79 Å². The van der Waals surface area contributed by atoms with E-state index < -0.39 is 5.97 Å². The predicted molar refractivity (Wildman–Crippen MR) is 84.5 cm³/mol. The number of aromatic carboxylic acids is 1. The molecule has 0 aliphatic carbocycles. The second-order valence-corrected chi connectivity index (χ2v) is 5.58. The van der Waals surface area contributed by atoms with Crippen molar-refractivity contribution in [1.29, 1.82) is 0 Å². The lowest BCUT2D eigenvalue weighted by Crippen LogP contribution is -2.42. The number of hydrogen-bond donors (Lipinski definition) is 1. The number of ether oxygens (including phenoxy) is 2. The number of amides is 1. The summed E-state index contributed by atoms with van der Waals surface area (Å²) in [5.74, 6) is -1.03. The molecule has 1 fully saturated rings. The number of benzene rings is 1. The van der Waals surface area contributed by atoms with Crippen molar-refractivity contribution in [3.05, 3.63) is 35.4 Å². The first-order valence-electron chi connectivity index (χ1n) is 7.81. The molecule has 0 spiro atoms. The van der Waals surface area contributed by atoms with Crippen LogP contribution < -0.4 is 0 Å². The minimum Gasteiger partial charge on any atom is -0.478 e. The summed E-state index contributed by atoms with van der Waals surface area (Å²) in [5, 5.41) is 9.17. The summed E-state index contributed by atoms with van der Waals surface area (Å²) < 4.78 is 10.6. The Labute approximate surface area is 136 Å². The van der Waals surface area contributed by atoms with E-state index in [0.29, 0.717) is 31.9 Å². The van der Waals surface area contributed by atoms with Gasteiger partial charge in [-0.1, -0.05) is 18.2 Å². The monoisotopic (exact) mass is 321 g/mol. The maximum absolute atomic E-state index is 12.4. The Bertz CT molecular complexity index is 538. The number of carbonyl (C=O) groups excluding carboxylic acids is 1. The van der Waals surface area contributed by atoms with Crippen molar-refractivity contribution in [3.8, 4) is 0 Å². The molecule has 0 radical (unpaired) electrons. The van der Waals surface area contributed by atoms with Gasteiger partial charge in [0.15, 0.2) is 0 Å². The summed E-state index contributed by atoms with van der Waals surface area (Å²) >= 11 is 0. The number of nitrogens with zero attached hydrogens (tertiary/aromatic N) is 1. The molecule has 1 amide bonds. The second kappa shape index (κ2) is 8.64. The van der Waals surface area contributed by atoms with Crippen molar-refractivity contribution in [3.63, 3.8) is 0 Å². The molecule has 6 heteroatoms. The van der Waals surface area contributed by atoms with E-state index in [4.69, 9.17) is 9.47 Å². The Morgan fingerprint density at radius 2 is 1.91 bits per heavy atom. The highest BCUT2D eigenvalue weighted by molar-refractivity contribution is 5.91. The number of carboxylic acid groups (broad SMARTS) is 1. The maximum Gasteiger partial charge on any atom is 0.335 e. The molecule has 1 aliphatic heterocycles. The molecular weight excluding hydrogens is 298 g/mol. The Morgan fingerprint density at radius 3 is 2.57 bits per heavy atom. The molecule has 126 valence electrons. The molecule has 0 unspecified atom stereocenters. The van der Waals surface area contributed by atoms with E-state index >= 15 is 0 Å². The van der Waals surface area contributed by atoms with Crippen LogP contribution >= 0.6 is 0 Å². The standard InChI is InChI=1S/C17H23NO5/c1-22-10-11-23-14-6-8-18(9-7-14)16(19)12-13-4-2-3-5-15(13)17(20)21/h2-5,14H,6-12H2,1H3,(H,20,21). The Balaban J connectivity index is 1.85. The van der Waals surface area contributed by atoms with Crippen molar-refractivity contribution in [2.75, 3.05) is 33.4 Å². The smallest absolute Gasteiger partial charge is 0.335 e. The molecular formula is C17H23NO5. The second-order valence-electron chi connectivity index (χ2n) is 5.58. The summed E-state index contributed by atoms with van der Waals surface area (Å²) in [4.78, 5) is 25.4. The van der Waals surface area contributed by atoms with E-state index in [1.165, 1.54) is 6.07 Å². The molecule has 2 rings (SSSR count). The Kier molecular flexibility index (Phi) is 6.55. The minimum atomic E-state index is -1.00. The fourth-order valence-corrected chi connectivity index (χ4v) is 2.73. The van der Waals surface area contributed by atoms with Crippen LogP contribution in [0.15, 0.2) is 24.3 Å². The first kappa shape index (κ1) is 17.4. The van der Waals surface area contributed by atoms with E-state index in [0.717, 1.165) is 12.8 Å². The molecule has 1 aromatic rings. The zero-order valence-electron chi connectivity index (χ0n) is 13.4. The summed E-state index contributed by atoms with van der Waals surface area (Å²) in [6, 6.07) is 6.65. The van der Waals surface area contributed by atoms with Crippen LogP contribution in [0.3, 0.4) is 0 Å². The Morgan fingerprint density at radius 1 is 1.22 bits per heavy atom. The third-order valence-electron chi connectivity index (χ3n) is 4.03. The highest BCUT2D eigenvalue weighted by Gasteiger charge is 2.24. The van der Waals surface area contributed by atoms with Crippen LogP contribution in [0.25, 0.3) is 0 Å². The van der Waals surface area contributed by atoms with Crippen LogP contribution in [0.2, 0.25) is 0 Å². The van der Waals surface area contributed by atoms with Crippen molar-refractivity contribution in [2.24, 2.45) is 0 Å². The van der Waals surface area contributed by atoms with E-state index in [1.54, 1.807) is 30.2 Å². The van der Waals surface area contributed by atoms with Crippen LogP contribution in [0.4, 0.5) is 0 Å². The molecule has 1 aromatic carbocycles. The van der Waals surface area contributed by atoms with Gasteiger partial charge in [-0.2, -0.15) is 0 Å². The molecule has 0 bridgehead atoms. The summed E-state index contributed by atoms with van der Waals surface area (Å²) in [6.45, 7) is 2.43. The van der Waals surface area contributed by atoms with E-state index in [2.05, 4.69) is 0 Å². The summed E-state index contributed by atoms with van der Waals surface area (Å²) in [7, 11) is 1.64. The molecule has 1 aliphatic rings. The van der Waals surface area contributed by atoms with Gasteiger partial charge in [-0.05, 0) is 24.5 Å². The lowest BCUT2D eigenvalue weighted by molar-refractivity contribution is -0.133. The average Bonchev–Trinajstić information content (AvgIpc) is 2.56. The molecule has 0 aromatic heterocycles. The third-order valence-corrected chi connectivity index (χ3v) is 4.03. The van der Waals surface area contributed by atoms with E-state index in [9.17, 15) is 14.7 Å². The van der Waals surface area contributed by atoms with Crippen LogP contribution in [-0.4, -0.2) is 61.4 Å². The van der Waals surface area contributed by atoms with Crippen molar-refractivity contribution < 1.29 is 24.2 Å². The number of likely N-dealkylation sites (tertiary alicyclic amines) is 1. The lowest BCUT2D eigenvalue weighted by Gasteiger charge is -2.32. The number of carbonyl (C=O) groups is 2. The zero-order valence-corrected chi connectivity index (χ0v) is 13.4. The van der Waals surface area contributed by atoms with Crippen molar-refractivity contribution >= 4 is 11.9 Å². The number of methoxy groups -OCH3 is 1. The van der Waals surface area contributed by atoms with Crippen molar-refractivity contribution in [1.82, 2.24) is 4.90 Å². The molecule has 0 saturated carbocycles. The van der Waals surface area contributed by atoms with Gasteiger partial charge >= 0.3 is 5.97 Å². The largest absolute Gasteiger partial charge is 0.478 e.